The van der Waals surface area contributed by atoms with E-state index in [-0.39, 0.29) is 30.6 Å². The maximum atomic E-state index is 14.1. The van der Waals surface area contributed by atoms with Crippen LogP contribution in [0.25, 0.3) is 0 Å². The minimum atomic E-state index is -4.83. The molecule has 0 unspecified atom stereocenters. The van der Waals surface area contributed by atoms with Crippen LogP contribution in [0.15, 0.2) is 67.8 Å². The summed E-state index contributed by atoms with van der Waals surface area (Å²) in [4.78, 5) is 32.7. The first kappa shape index (κ1) is 31.3. The molecular weight excluding hydrogens is 553 g/mol. The number of benzene rings is 2. The van der Waals surface area contributed by atoms with Crippen LogP contribution in [0.5, 0.6) is 0 Å². The van der Waals surface area contributed by atoms with Crippen molar-refractivity contribution in [2.24, 2.45) is 5.41 Å². The van der Waals surface area contributed by atoms with Gasteiger partial charge in [-0.15, -0.1) is 13.2 Å². The highest BCUT2D eigenvalue weighted by atomic mass is 19.4. The zero-order chi connectivity index (χ0) is 31.0. The number of fused-ring (bicyclic) bond motifs is 1. The molecule has 42 heavy (non-hydrogen) atoms. The van der Waals surface area contributed by atoms with Crippen molar-refractivity contribution in [1.29, 1.82) is 0 Å². The quantitative estimate of drug-likeness (QED) is 0.232. The molecule has 2 saturated heterocycles. The standard InChI is InChI=1S/C32H36F5N3O2/c1-6-12-31(13-7-2)19-26-27(25-11-9-8-10-20(25)3)40(15-14-39(26)29(31)41)30(42)38(5)21(4)22-16-23(28(33)34)18-24(17-22)32(35,36)37/h6-11,16-18,21,26-28H,1-2,12-15,19H2,3-5H3/t21-,26+,27+/m1/s1. The number of carbonyl (C=O) groups excluding carboxylic acids is 2. The third-order valence-corrected chi connectivity index (χ3v) is 8.74. The first-order valence-electron chi connectivity index (χ1n) is 13.9. The lowest BCUT2D eigenvalue weighted by atomic mass is 9.76. The lowest BCUT2D eigenvalue weighted by Gasteiger charge is -2.47. The molecule has 0 aromatic heterocycles. The summed E-state index contributed by atoms with van der Waals surface area (Å²) in [6, 6.07) is 7.56. The predicted octanol–water partition coefficient (Wildman–Crippen LogP) is 7.86. The van der Waals surface area contributed by atoms with Gasteiger partial charge in [0.1, 0.15) is 0 Å². The summed E-state index contributed by atoms with van der Waals surface area (Å²) in [5, 5.41) is 0. The van der Waals surface area contributed by atoms with Gasteiger partial charge in [-0.05, 0) is 68.0 Å². The summed E-state index contributed by atoms with van der Waals surface area (Å²) in [5.74, 6) is -0.0109. The third kappa shape index (κ3) is 5.68. The highest BCUT2D eigenvalue weighted by molar-refractivity contribution is 5.87. The van der Waals surface area contributed by atoms with Crippen LogP contribution in [-0.4, -0.2) is 52.8 Å². The Morgan fingerprint density at radius 1 is 1.10 bits per heavy atom. The van der Waals surface area contributed by atoms with Crippen LogP contribution in [0.2, 0.25) is 0 Å². The summed E-state index contributed by atoms with van der Waals surface area (Å²) in [7, 11) is 1.45. The van der Waals surface area contributed by atoms with Crippen LogP contribution in [0, 0.1) is 12.3 Å². The van der Waals surface area contributed by atoms with Gasteiger partial charge in [0.25, 0.3) is 6.43 Å². The number of hydrogen-bond donors (Lipinski definition) is 0. The van der Waals surface area contributed by atoms with Gasteiger partial charge in [-0.1, -0.05) is 36.4 Å². The van der Waals surface area contributed by atoms with Crippen molar-refractivity contribution in [2.75, 3.05) is 20.1 Å². The van der Waals surface area contributed by atoms with Gasteiger partial charge in [0, 0.05) is 25.7 Å². The van der Waals surface area contributed by atoms with Gasteiger partial charge in [-0.2, -0.15) is 13.2 Å². The minimum absolute atomic E-state index is 0.0109. The second-order valence-corrected chi connectivity index (χ2v) is 11.3. The van der Waals surface area contributed by atoms with Crippen LogP contribution in [0.1, 0.15) is 72.5 Å². The lowest BCUT2D eigenvalue weighted by Crippen LogP contribution is -2.57. The normalized spacial score (nSPS) is 20.8. The number of piperazine rings is 1. The van der Waals surface area contributed by atoms with E-state index >= 15 is 0 Å². The average Bonchev–Trinajstić information content (AvgIpc) is 3.22. The second-order valence-electron chi connectivity index (χ2n) is 11.3. The molecule has 4 rings (SSSR count). The number of carbonyl (C=O) groups is 2. The maximum absolute atomic E-state index is 14.1. The van der Waals surface area contributed by atoms with Crippen LogP contribution in [-0.2, 0) is 11.0 Å². The molecule has 0 saturated carbocycles. The molecule has 0 radical (unpaired) electrons. The van der Waals surface area contributed by atoms with Crippen molar-refractivity contribution >= 4 is 11.9 Å². The topological polar surface area (TPSA) is 43.9 Å². The van der Waals surface area contributed by atoms with E-state index in [0.29, 0.717) is 25.3 Å². The Bertz CT molecular complexity index is 1350. The van der Waals surface area contributed by atoms with Gasteiger partial charge in [0.05, 0.1) is 29.1 Å². The largest absolute Gasteiger partial charge is 0.416 e. The van der Waals surface area contributed by atoms with Crippen molar-refractivity contribution in [1.82, 2.24) is 14.7 Å². The molecule has 2 aromatic rings. The predicted molar refractivity (Wildman–Crippen MR) is 151 cm³/mol. The molecule has 2 aliphatic rings. The summed E-state index contributed by atoms with van der Waals surface area (Å²) in [6.45, 7) is 11.6. The van der Waals surface area contributed by atoms with E-state index in [9.17, 15) is 31.5 Å². The van der Waals surface area contributed by atoms with Crippen molar-refractivity contribution in [3.63, 3.8) is 0 Å². The zero-order valence-electron chi connectivity index (χ0n) is 24.0. The second kappa shape index (κ2) is 11.9. The van der Waals surface area contributed by atoms with Gasteiger partial charge in [-0.25, -0.2) is 13.6 Å². The van der Waals surface area contributed by atoms with Gasteiger partial charge in [0.2, 0.25) is 5.91 Å². The molecule has 2 aromatic carbocycles. The number of amides is 3. The smallest absolute Gasteiger partial charge is 0.335 e. The first-order chi connectivity index (χ1) is 19.8. The van der Waals surface area contributed by atoms with Gasteiger partial charge in [0.15, 0.2) is 0 Å². The van der Waals surface area contributed by atoms with Crippen LogP contribution >= 0.6 is 0 Å². The van der Waals surface area contributed by atoms with E-state index in [0.717, 1.165) is 23.3 Å². The number of alkyl halides is 5. The van der Waals surface area contributed by atoms with Crippen molar-refractivity contribution in [2.45, 2.75) is 63.8 Å². The number of halogens is 5. The average molecular weight is 590 g/mol. The minimum Gasteiger partial charge on any atom is -0.335 e. The molecule has 0 spiro atoms. The first-order valence-corrected chi connectivity index (χ1v) is 13.9. The van der Waals surface area contributed by atoms with Gasteiger partial charge < -0.3 is 14.7 Å². The Balaban J connectivity index is 1.73. The van der Waals surface area contributed by atoms with Crippen LogP contribution in [0.4, 0.5) is 26.7 Å². The summed E-state index contributed by atoms with van der Waals surface area (Å²) < 4.78 is 67.7. The Labute approximate surface area is 243 Å². The Morgan fingerprint density at radius 3 is 2.29 bits per heavy atom. The Hall–Kier alpha value is -3.69. The van der Waals surface area contributed by atoms with Crippen LogP contribution < -0.4 is 0 Å². The molecular formula is C32H36F5N3O2. The maximum Gasteiger partial charge on any atom is 0.416 e. The fourth-order valence-corrected chi connectivity index (χ4v) is 6.45. The summed E-state index contributed by atoms with van der Waals surface area (Å²) >= 11 is 0. The van der Waals surface area contributed by atoms with Crippen molar-refractivity contribution in [3.05, 3.63) is 95.6 Å². The number of aryl methyl sites for hydroxylation is 1. The molecule has 2 aliphatic heterocycles. The molecule has 3 amide bonds. The molecule has 2 heterocycles. The number of urea groups is 1. The van der Waals surface area contributed by atoms with E-state index in [1.54, 1.807) is 17.1 Å². The Morgan fingerprint density at radius 2 is 1.71 bits per heavy atom. The number of nitrogens with zero attached hydrogens (tertiary/aromatic N) is 3. The summed E-state index contributed by atoms with van der Waals surface area (Å²) in [5.41, 5.74) is -0.939. The van der Waals surface area contributed by atoms with Gasteiger partial charge >= 0.3 is 12.2 Å². The van der Waals surface area contributed by atoms with E-state index in [2.05, 4.69) is 13.2 Å². The van der Waals surface area contributed by atoms with Crippen LogP contribution in [0.3, 0.4) is 0 Å². The highest BCUT2D eigenvalue weighted by Crippen LogP contribution is 2.50. The third-order valence-electron chi connectivity index (χ3n) is 8.74. The highest BCUT2D eigenvalue weighted by Gasteiger charge is 2.56. The zero-order valence-corrected chi connectivity index (χ0v) is 24.0. The molecule has 226 valence electrons. The number of rotatable bonds is 8. The lowest BCUT2D eigenvalue weighted by molar-refractivity contribution is -0.139. The fraction of sp³-hybridized carbons (Fsp3) is 0.438. The number of allylic oxidation sites excluding steroid dienone is 2. The van der Waals surface area contributed by atoms with E-state index in [1.807, 2.05) is 36.1 Å². The number of hydrogen-bond acceptors (Lipinski definition) is 2. The Kier molecular flexibility index (Phi) is 8.85. The molecule has 5 nitrogen and oxygen atoms in total. The monoisotopic (exact) mass is 589 g/mol. The fourth-order valence-electron chi connectivity index (χ4n) is 6.45. The molecule has 10 heteroatoms. The molecule has 0 aliphatic carbocycles. The molecule has 3 atom stereocenters. The van der Waals surface area contributed by atoms with E-state index < -0.39 is 47.3 Å². The summed E-state index contributed by atoms with van der Waals surface area (Å²) in [6.07, 6.45) is -3.10. The molecule has 0 bridgehead atoms. The van der Waals surface area contributed by atoms with Crippen molar-refractivity contribution < 1.29 is 31.5 Å². The molecule has 2 fully saturated rings. The van der Waals surface area contributed by atoms with Crippen molar-refractivity contribution in [3.8, 4) is 0 Å². The van der Waals surface area contributed by atoms with E-state index in [1.165, 1.54) is 18.9 Å². The van der Waals surface area contributed by atoms with Gasteiger partial charge in [-0.3, -0.25) is 4.79 Å². The van der Waals surface area contributed by atoms with E-state index in [4.69, 9.17) is 0 Å². The molecule has 0 N–H and O–H groups in total. The SMILES string of the molecule is C=CCC1(CC=C)C[C@H]2[C@H](c3ccccc3C)N(C(=O)N(C)[C@H](C)c3cc(C(F)F)cc(C(F)(F)F)c3)CCN2C1=O.